The number of nitrogens with zero attached hydrogens (tertiary/aromatic N) is 3. The monoisotopic (exact) mass is 410 g/mol. The fraction of sp³-hybridized carbons (Fsp3) is 0.529. The van der Waals surface area contributed by atoms with Crippen molar-refractivity contribution in [1.29, 1.82) is 0 Å². The normalized spacial score (nSPS) is 26.3. The molecule has 2 rings (SSSR count). The molecular formula is C17H22N4O8. The van der Waals surface area contributed by atoms with Crippen molar-refractivity contribution in [3.8, 4) is 5.75 Å². The Bertz CT molecular complexity index is 798. The molecule has 0 aliphatic carbocycles. The summed E-state index contributed by atoms with van der Waals surface area (Å²) in [5.41, 5.74) is 9.21. The summed E-state index contributed by atoms with van der Waals surface area (Å²) < 4.78 is 10.6. The number of aliphatic carboxylic acids is 1. The lowest BCUT2D eigenvalue weighted by Crippen LogP contribution is -2.61. The summed E-state index contributed by atoms with van der Waals surface area (Å²) in [6.45, 7) is 1.87. The van der Waals surface area contributed by atoms with E-state index in [0.717, 1.165) is 0 Å². The smallest absolute Gasteiger partial charge is 0.335 e. The maximum atomic E-state index is 11.9. The van der Waals surface area contributed by atoms with Crippen molar-refractivity contribution in [3.63, 3.8) is 0 Å². The van der Waals surface area contributed by atoms with Crippen LogP contribution in [0.1, 0.15) is 18.4 Å². The lowest BCUT2D eigenvalue weighted by molar-refractivity contribution is -0.271. The van der Waals surface area contributed by atoms with Crippen LogP contribution in [0.2, 0.25) is 0 Å². The number of aryl methyl sites for hydroxylation is 1. The van der Waals surface area contributed by atoms with Crippen LogP contribution in [0.5, 0.6) is 5.75 Å². The fourth-order valence-corrected chi connectivity index (χ4v) is 2.71. The summed E-state index contributed by atoms with van der Waals surface area (Å²) in [4.78, 5) is 25.6. The quantitative estimate of drug-likeness (QED) is 0.174. The van der Waals surface area contributed by atoms with Crippen LogP contribution in [0.25, 0.3) is 10.4 Å². The van der Waals surface area contributed by atoms with Gasteiger partial charge < -0.3 is 35.2 Å². The predicted octanol–water partition coefficient (Wildman–Crippen LogP) is 0.295. The number of aliphatic hydroxyl groups is 3. The first-order valence-corrected chi connectivity index (χ1v) is 8.75. The molecule has 0 aromatic heterocycles. The van der Waals surface area contributed by atoms with Crippen molar-refractivity contribution < 1.29 is 39.5 Å². The van der Waals surface area contributed by atoms with Gasteiger partial charge in [-0.25, -0.2) is 4.79 Å². The maximum Gasteiger partial charge on any atom is 0.335 e. The molecule has 1 aromatic rings. The third-order valence-electron chi connectivity index (χ3n) is 4.24. The first kappa shape index (κ1) is 22.4. The Morgan fingerprint density at radius 2 is 2.00 bits per heavy atom. The largest absolute Gasteiger partial charge is 0.479 e. The first-order valence-electron chi connectivity index (χ1n) is 8.75. The molecule has 0 saturated carbocycles. The Kier molecular flexibility index (Phi) is 7.76. The van der Waals surface area contributed by atoms with Crippen LogP contribution in [0.4, 0.5) is 5.69 Å². The van der Waals surface area contributed by atoms with Crippen LogP contribution in [0, 0.1) is 6.92 Å². The topological polar surface area (TPSA) is 194 Å². The summed E-state index contributed by atoms with van der Waals surface area (Å²) >= 11 is 0. The molecule has 12 heteroatoms. The van der Waals surface area contributed by atoms with Gasteiger partial charge in [0, 0.05) is 23.6 Å². The Morgan fingerprint density at radius 3 is 2.62 bits per heavy atom. The van der Waals surface area contributed by atoms with E-state index in [2.05, 4.69) is 15.3 Å². The number of carboxylic acid groups (broad SMARTS) is 1. The van der Waals surface area contributed by atoms with Crippen molar-refractivity contribution in [3.05, 3.63) is 34.2 Å². The second kappa shape index (κ2) is 10.0. The Morgan fingerprint density at radius 1 is 1.28 bits per heavy atom. The molecule has 5 unspecified atom stereocenters. The summed E-state index contributed by atoms with van der Waals surface area (Å²) in [6, 6.07) is 4.60. The zero-order chi connectivity index (χ0) is 21.6. The first-order chi connectivity index (χ1) is 13.7. The average Bonchev–Trinajstić information content (AvgIpc) is 2.67. The summed E-state index contributed by atoms with van der Waals surface area (Å²) in [6.07, 6.45) is -7.94. The third-order valence-corrected chi connectivity index (χ3v) is 4.24. The molecule has 1 aliphatic rings. The van der Waals surface area contributed by atoms with E-state index in [4.69, 9.17) is 20.1 Å². The highest BCUT2D eigenvalue weighted by molar-refractivity contribution is 5.90. The van der Waals surface area contributed by atoms with Crippen molar-refractivity contribution in [2.24, 2.45) is 5.11 Å². The number of hydrogen-bond donors (Lipinski definition) is 5. The molecule has 158 valence electrons. The molecular weight excluding hydrogens is 388 g/mol. The number of rotatable bonds is 8. The van der Waals surface area contributed by atoms with Gasteiger partial charge in [0.2, 0.25) is 12.2 Å². The molecule has 5 N–H and O–H groups in total. The molecule has 0 bridgehead atoms. The van der Waals surface area contributed by atoms with Gasteiger partial charge in [-0.05, 0) is 42.6 Å². The summed E-state index contributed by atoms with van der Waals surface area (Å²) in [5.74, 6) is -1.55. The van der Waals surface area contributed by atoms with E-state index in [1.165, 1.54) is 12.1 Å². The fourth-order valence-electron chi connectivity index (χ4n) is 2.71. The molecule has 5 atom stereocenters. The van der Waals surface area contributed by atoms with Gasteiger partial charge in [-0.3, -0.25) is 4.79 Å². The second-order valence-corrected chi connectivity index (χ2v) is 6.44. The van der Waals surface area contributed by atoms with Crippen LogP contribution < -0.4 is 10.1 Å². The molecule has 1 heterocycles. The van der Waals surface area contributed by atoms with E-state index in [-0.39, 0.29) is 24.6 Å². The lowest BCUT2D eigenvalue weighted by Gasteiger charge is -2.38. The zero-order valence-corrected chi connectivity index (χ0v) is 15.5. The minimum absolute atomic E-state index is 0.176. The van der Waals surface area contributed by atoms with Gasteiger partial charge in [0.05, 0.1) is 0 Å². The molecule has 1 aromatic carbocycles. The molecule has 1 saturated heterocycles. The number of aliphatic hydroxyl groups excluding tert-OH is 3. The van der Waals surface area contributed by atoms with Crippen LogP contribution >= 0.6 is 0 Å². The van der Waals surface area contributed by atoms with Gasteiger partial charge >= 0.3 is 5.97 Å². The van der Waals surface area contributed by atoms with Crippen LogP contribution in [0.15, 0.2) is 23.3 Å². The van der Waals surface area contributed by atoms with E-state index in [1.807, 2.05) is 0 Å². The molecule has 0 radical (unpaired) electrons. The minimum Gasteiger partial charge on any atom is -0.479 e. The average molecular weight is 410 g/mol. The highest BCUT2D eigenvalue weighted by Gasteiger charge is 2.48. The molecule has 1 fully saturated rings. The van der Waals surface area contributed by atoms with Gasteiger partial charge in [0.25, 0.3) is 0 Å². The maximum absolute atomic E-state index is 11.9. The highest BCUT2D eigenvalue weighted by Crippen LogP contribution is 2.28. The molecule has 1 amide bonds. The van der Waals surface area contributed by atoms with Crippen molar-refractivity contribution in [1.82, 2.24) is 0 Å². The third kappa shape index (κ3) is 5.79. The zero-order valence-electron chi connectivity index (χ0n) is 15.5. The Hall–Kier alpha value is -2.89. The lowest BCUT2D eigenvalue weighted by atomic mass is 9.99. The van der Waals surface area contributed by atoms with Gasteiger partial charge in [0.15, 0.2) is 6.10 Å². The Labute approximate surface area is 165 Å². The van der Waals surface area contributed by atoms with Crippen LogP contribution in [0.3, 0.4) is 0 Å². The number of azide groups is 1. The molecule has 29 heavy (non-hydrogen) atoms. The van der Waals surface area contributed by atoms with Gasteiger partial charge in [0.1, 0.15) is 24.1 Å². The van der Waals surface area contributed by atoms with Crippen LogP contribution in [-0.4, -0.2) is 69.6 Å². The van der Waals surface area contributed by atoms with Gasteiger partial charge in [-0.2, -0.15) is 0 Å². The SMILES string of the molecule is Cc1cc(NC(=O)CCCN=[N+]=[N-])ccc1OC1OC(C(=O)O)C(O)C(O)C1O. The van der Waals surface area contributed by atoms with E-state index in [9.17, 15) is 24.9 Å². The summed E-state index contributed by atoms with van der Waals surface area (Å²) in [7, 11) is 0. The van der Waals surface area contributed by atoms with E-state index in [0.29, 0.717) is 17.7 Å². The number of amides is 1. The highest BCUT2D eigenvalue weighted by atomic mass is 16.7. The minimum atomic E-state index is -1.81. The van der Waals surface area contributed by atoms with E-state index < -0.39 is 36.7 Å². The number of hydrogen-bond acceptors (Lipinski definition) is 8. The number of anilines is 1. The number of benzene rings is 1. The van der Waals surface area contributed by atoms with E-state index >= 15 is 0 Å². The molecule has 1 aliphatic heterocycles. The van der Waals surface area contributed by atoms with Crippen molar-refractivity contribution >= 4 is 17.6 Å². The Balaban J connectivity index is 2.02. The van der Waals surface area contributed by atoms with Gasteiger partial charge in [-0.15, -0.1) is 0 Å². The van der Waals surface area contributed by atoms with Crippen LogP contribution in [-0.2, 0) is 14.3 Å². The number of ether oxygens (including phenoxy) is 2. The number of nitrogens with one attached hydrogen (secondary N) is 1. The van der Waals surface area contributed by atoms with Crippen molar-refractivity contribution in [2.45, 2.75) is 50.5 Å². The molecule has 12 nitrogen and oxygen atoms in total. The number of carbonyl (C=O) groups is 2. The standard InChI is InChI=1S/C17H22N4O8/c1-8-7-9(20-11(22)3-2-6-19-21-18)4-5-10(8)28-17-14(25)12(23)13(24)15(29-17)16(26)27/h4-5,7,12-15,17,23-25H,2-3,6H2,1H3,(H,20,22)(H,26,27). The van der Waals surface area contributed by atoms with E-state index in [1.54, 1.807) is 13.0 Å². The molecule has 0 spiro atoms. The van der Waals surface area contributed by atoms with Gasteiger partial charge in [-0.1, -0.05) is 5.11 Å². The predicted molar refractivity (Wildman–Crippen MR) is 98.0 cm³/mol. The summed E-state index contributed by atoms with van der Waals surface area (Å²) in [5, 5.41) is 44.6. The van der Waals surface area contributed by atoms with Crippen molar-refractivity contribution in [2.75, 3.05) is 11.9 Å². The number of carbonyl (C=O) groups excluding carboxylic acids is 1. The second-order valence-electron chi connectivity index (χ2n) is 6.44. The number of carboxylic acids is 1.